The van der Waals surface area contributed by atoms with Gasteiger partial charge >= 0.3 is 0 Å². The van der Waals surface area contributed by atoms with E-state index >= 15 is 0 Å². The zero-order valence-electron chi connectivity index (χ0n) is 17.7. The molecule has 6 nitrogen and oxygen atoms in total. The van der Waals surface area contributed by atoms with E-state index in [0.717, 1.165) is 29.0 Å². The van der Waals surface area contributed by atoms with Crippen molar-refractivity contribution in [3.8, 4) is 0 Å². The smallest absolute Gasteiger partial charge is 0.254 e. The van der Waals surface area contributed by atoms with Crippen LogP contribution in [0.4, 0.5) is 8.78 Å². The molecule has 0 saturated heterocycles. The van der Waals surface area contributed by atoms with Crippen LogP contribution in [0.3, 0.4) is 0 Å². The summed E-state index contributed by atoms with van der Waals surface area (Å²) in [6.45, 7) is 4.40. The van der Waals surface area contributed by atoms with Crippen LogP contribution in [-0.2, 0) is 13.1 Å². The van der Waals surface area contributed by atoms with Crippen LogP contribution in [0, 0.1) is 16.8 Å². The monoisotopic (exact) mass is 436 g/mol. The molecule has 0 atom stereocenters. The maximum atomic E-state index is 13.5. The van der Waals surface area contributed by atoms with Gasteiger partial charge in [0, 0.05) is 24.5 Å². The molecule has 0 radical (unpaired) electrons. The summed E-state index contributed by atoms with van der Waals surface area (Å²) in [5, 5.41) is 15.3. The molecular formula is C24H22F2N4O2. The second-order valence-corrected chi connectivity index (χ2v) is 7.86. The van der Waals surface area contributed by atoms with Gasteiger partial charge in [0.1, 0.15) is 0 Å². The predicted octanol–water partition coefficient (Wildman–Crippen LogP) is 4.05. The fourth-order valence-electron chi connectivity index (χ4n) is 3.88. The molecule has 4 rings (SSSR count). The number of aromatic nitrogens is 3. The van der Waals surface area contributed by atoms with E-state index in [-0.39, 0.29) is 12.5 Å². The Labute approximate surface area is 183 Å². The number of fused-ring (bicyclic) bond motifs is 1. The molecular weight excluding hydrogens is 414 g/mol. The van der Waals surface area contributed by atoms with Crippen LogP contribution in [0.1, 0.15) is 47.1 Å². The van der Waals surface area contributed by atoms with Gasteiger partial charge in [0.25, 0.3) is 5.91 Å². The van der Waals surface area contributed by atoms with Gasteiger partial charge in [-0.15, -0.1) is 0 Å². The molecule has 164 valence electrons. The highest BCUT2D eigenvalue weighted by Crippen LogP contribution is 2.31. The highest BCUT2D eigenvalue weighted by molar-refractivity contribution is 6.08. The third-order valence-corrected chi connectivity index (χ3v) is 5.28. The Balaban J connectivity index is 1.76. The summed E-state index contributed by atoms with van der Waals surface area (Å²) in [5.41, 5.74) is 3.14. The normalized spacial score (nSPS) is 11.3. The lowest BCUT2D eigenvalue weighted by Gasteiger charge is -2.15. The van der Waals surface area contributed by atoms with E-state index in [2.05, 4.69) is 10.3 Å². The summed E-state index contributed by atoms with van der Waals surface area (Å²) >= 11 is 0. The van der Waals surface area contributed by atoms with Crippen LogP contribution < -0.4 is 10.0 Å². The van der Waals surface area contributed by atoms with Crippen LogP contribution in [0.2, 0.25) is 0 Å². The molecule has 0 unspecified atom stereocenters. The van der Waals surface area contributed by atoms with E-state index < -0.39 is 17.5 Å². The van der Waals surface area contributed by atoms with Crippen LogP contribution >= 0.6 is 0 Å². The maximum Gasteiger partial charge on any atom is 0.254 e. The molecule has 0 saturated carbocycles. The first-order valence-corrected chi connectivity index (χ1v) is 10.2. The number of rotatable bonds is 6. The lowest BCUT2D eigenvalue weighted by molar-refractivity contribution is -0.603. The lowest BCUT2D eigenvalue weighted by Crippen LogP contribution is -2.26. The van der Waals surface area contributed by atoms with Gasteiger partial charge in [0.2, 0.25) is 0 Å². The summed E-state index contributed by atoms with van der Waals surface area (Å²) in [6.07, 6.45) is 4.48. The average molecular weight is 436 g/mol. The van der Waals surface area contributed by atoms with E-state index in [1.165, 1.54) is 18.5 Å². The summed E-state index contributed by atoms with van der Waals surface area (Å²) in [4.78, 5) is 17.7. The van der Waals surface area contributed by atoms with Crippen molar-refractivity contribution in [3.63, 3.8) is 0 Å². The number of amides is 1. The van der Waals surface area contributed by atoms with Gasteiger partial charge in [-0.05, 0) is 35.7 Å². The molecule has 0 aliphatic rings. The van der Waals surface area contributed by atoms with E-state index in [4.69, 9.17) is 0 Å². The molecule has 1 N–H and O–H groups in total. The summed E-state index contributed by atoms with van der Waals surface area (Å²) < 4.78 is 29.4. The van der Waals surface area contributed by atoms with Crippen molar-refractivity contribution in [2.75, 3.05) is 0 Å². The van der Waals surface area contributed by atoms with Gasteiger partial charge < -0.3 is 15.1 Å². The minimum Gasteiger partial charge on any atom is -0.619 e. The number of nitrogens with one attached hydrogen (secondary N) is 1. The standard InChI is InChI=1S/C24H22F2N4O2/c1-15(2)23-22(24(31)28-12-16-6-7-19(25)20(26)11-16)18-14-29(32)10-8-21(18)30(23)13-17-5-3-4-9-27-17/h3-11,14-15H,12-13H2,1-2H3,(H,28,31). The molecule has 1 amide bonds. The molecule has 0 fully saturated rings. The van der Waals surface area contributed by atoms with Gasteiger partial charge in [-0.1, -0.05) is 26.0 Å². The maximum absolute atomic E-state index is 13.5. The van der Waals surface area contributed by atoms with Crippen molar-refractivity contribution >= 4 is 16.8 Å². The van der Waals surface area contributed by atoms with Crippen LogP contribution in [0.15, 0.2) is 61.1 Å². The molecule has 3 heterocycles. The van der Waals surface area contributed by atoms with E-state index in [9.17, 15) is 18.8 Å². The second-order valence-electron chi connectivity index (χ2n) is 7.86. The number of benzene rings is 1. The zero-order chi connectivity index (χ0) is 22.8. The number of carbonyl (C=O) groups is 1. The number of nitrogens with zero attached hydrogens (tertiary/aromatic N) is 3. The molecule has 0 aliphatic carbocycles. The topological polar surface area (TPSA) is 73.9 Å². The van der Waals surface area contributed by atoms with Crippen LogP contribution in [-0.4, -0.2) is 15.5 Å². The quantitative estimate of drug-likeness (QED) is 0.366. The largest absolute Gasteiger partial charge is 0.619 e. The van der Waals surface area contributed by atoms with Gasteiger partial charge in [-0.3, -0.25) is 9.78 Å². The number of pyridine rings is 2. The molecule has 0 spiro atoms. The van der Waals surface area contributed by atoms with Crippen LogP contribution in [0.25, 0.3) is 10.9 Å². The summed E-state index contributed by atoms with van der Waals surface area (Å²) in [5.74, 6) is -2.34. The van der Waals surface area contributed by atoms with Crippen LogP contribution in [0.5, 0.6) is 0 Å². The molecule has 1 aromatic carbocycles. The molecule has 32 heavy (non-hydrogen) atoms. The van der Waals surface area contributed by atoms with Crippen molar-refractivity contribution in [2.24, 2.45) is 0 Å². The van der Waals surface area contributed by atoms with Gasteiger partial charge in [-0.2, -0.15) is 4.73 Å². The minimum absolute atomic E-state index is 0.0185. The first-order chi connectivity index (χ1) is 15.3. The van der Waals surface area contributed by atoms with Crippen molar-refractivity contribution in [1.82, 2.24) is 14.9 Å². The fourth-order valence-corrected chi connectivity index (χ4v) is 3.88. The second kappa shape index (κ2) is 8.74. The van der Waals surface area contributed by atoms with E-state index in [0.29, 0.717) is 27.8 Å². The third kappa shape index (κ3) is 4.16. The van der Waals surface area contributed by atoms with E-state index in [1.807, 2.05) is 36.6 Å². The van der Waals surface area contributed by atoms with Crippen molar-refractivity contribution in [2.45, 2.75) is 32.9 Å². The Kier molecular flexibility index (Phi) is 5.85. The average Bonchev–Trinajstić information content (AvgIpc) is 3.08. The Morgan fingerprint density at radius 2 is 2.00 bits per heavy atom. The first kappa shape index (κ1) is 21.4. The minimum atomic E-state index is -0.973. The molecule has 0 bridgehead atoms. The molecule has 3 aromatic heterocycles. The number of hydrogen-bond acceptors (Lipinski definition) is 3. The Morgan fingerprint density at radius 1 is 1.19 bits per heavy atom. The van der Waals surface area contributed by atoms with Crippen molar-refractivity contribution in [1.29, 1.82) is 0 Å². The number of carbonyl (C=O) groups excluding carboxylic acids is 1. The first-order valence-electron chi connectivity index (χ1n) is 10.2. The highest BCUT2D eigenvalue weighted by Gasteiger charge is 2.26. The Bertz CT molecular complexity index is 1290. The zero-order valence-corrected chi connectivity index (χ0v) is 17.7. The van der Waals surface area contributed by atoms with E-state index in [1.54, 1.807) is 12.3 Å². The Morgan fingerprint density at radius 3 is 2.69 bits per heavy atom. The number of halogens is 2. The molecule has 0 aliphatic heterocycles. The predicted molar refractivity (Wildman–Crippen MR) is 116 cm³/mol. The Hall–Kier alpha value is -3.81. The fraction of sp³-hybridized carbons (Fsp3) is 0.208. The molecule has 8 heteroatoms. The highest BCUT2D eigenvalue weighted by atomic mass is 19.2. The summed E-state index contributed by atoms with van der Waals surface area (Å²) in [7, 11) is 0. The summed E-state index contributed by atoms with van der Waals surface area (Å²) in [6, 6.07) is 10.8. The SMILES string of the molecule is CC(C)c1c(C(=O)NCc2ccc(F)c(F)c2)c2c[n+]([O-])ccc2n1Cc1ccccn1. The van der Waals surface area contributed by atoms with Gasteiger partial charge in [0.15, 0.2) is 24.0 Å². The van der Waals surface area contributed by atoms with Gasteiger partial charge in [0.05, 0.1) is 28.7 Å². The van der Waals surface area contributed by atoms with Crippen molar-refractivity contribution < 1.29 is 18.3 Å². The molecule has 4 aromatic rings. The van der Waals surface area contributed by atoms with Gasteiger partial charge in [-0.25, -0.2) is 8.78 Å². The third-order valence-electron chi connectivity index (χ3n) is 5.28. The van der Waals surface area contributed by atoms with Crippen molar-refractivity contribution in [3.05, 3.63) is 100 Å². The lowest BCUT2D eigenvalue weighted by atomic mass is 10.0. The number of hydrogen-bond donors (Lipinski definition) is 1.